The lowest BCUT2D eigenvalue weighted by Crippen LogP contribution is -2.00. The molecule has 0 unspecified atom stereocenters. The van der Waals surface area contributed by atoms with Gasteiger partial charge in [0.2, 0.25) is 0 Å². The SMILES string of the molecule is c1ccc(-c2cc(-c3cccc4c3sc3ccccc34)cc(-n3c4ccccc4c4ncccc43)n2)cc1. The molecule has 0 atom stereocenters. The lowest BCUT2D eigenvalue weighted by molar-refractivity contribution is 1.08. The summed E-state index contributed by atoms with van der Waals surface area (Å²) in [5.41, 5.74) is 7.57. The number of para-hydroxylation sites is 1. The van der Waals surface area contributed by atoms with E-state index in [4.69, 9.17) is 9.97 Å². The van der Waals surface area contributed by atoms with E-state index >= 15 is 0 Å². The summed E-state index contributed by atoms with van der Waals surface area (Å²) in [6.45, 7) is 0. The van der Waals surface area contributed by atoms with E-state index in [1.807, 2.05) is 29.7 Å². The van der Waals surface area contributed by atoms with Crippen molar-refractivity contribution >= 4 is 53.4 Å². The average molecular weight is 504 g/mol. The van der Waals surface area contributed by atoms with Gasteiger partial charge in [0.1, 0.15) is 5.82 Å². The molecule has 4 heteroatoms. The number of aromatic nitrogens is 3. The van der Waals surface area contributed by atoms with Crippen LogP contribution in [0.25, 0.3) is 70.3 Å². The van der Waals surface area contributed by atoms with Gasteiger partial charge in [0, 0.05) is 37.3 Å². The highest BCUT2D eigenvalue weighted by Crippen LogP contribution is 2.41. The third kappa shape index (κ3) is 3.21. The summed E-state index contributed by atoms with van der Waals surface area (Å²) in [7, 11) is 0. The largest absolute Gasteiger partial charge is 0.292 e. The van der Waals surface area contributed by atoms with Gasteiger partial charge in [-0.15, -0.1) is 11.3 Å². The van der Waals surface area contributed by atoms with Crippen molar-refractivity contribution in [3.8, 4) is 28.2 Å². The van der Waals surface area contributed by atoms with E-state index in [1.165, 1.54) is 25.7 Å². The molecule has 0 aliphatic carbocycles. The van der Waals surface area contributed by atoms with E-state index in [2.05, 4.69) is 114 Å². The van der Waals surface area contributed by atoms with Crippen molar-refractivity contribution in [2.45, 2.75) is 0 Å². The first-order chi connectivity index (χ1) is 18.8. The molecule has 4 aromatic heterocycles. The Kier molecular flexibility index (Phi) is 4.69. The molecule has 0 N–H and O–H groups in total. The summed E-state index contributed by atoms with van der Waals surface area (Å²) in [5, 5.41) is 3.73. The molecule has 0 fully saturated rings. The molecular weight excluding hydrogens is 482 g/mol. The molecule has 4 aromatic carbocycles. The predicted octanol–water partition coefficient (Wildman–Crippen LogP) is 9.28. The molecular formula is C34H21N3S. The maximum absolute atomic E-state index is 5.23. The second-order valence-electron chi connectivity index (χ2n) is 9.47. The van der Waals surface area contributed by atoms with Crippen molar-refractivity contribution in [1.29, 1.82) is 0 Å². The van der Waals surface area contributed by atoms with Crippen LogP contribution in [0.15, 0.2) is 128 Å². The van der Waals surface area contributed by atoms with E-state index in [0.29, 0.717) is 0 Å². The molecule has 3 nitrogen and oxygen atoms in total. The number of thiophene rings is 1. The minimum atomic E-state index is 0.888. The highest BCUT2D eigenvalue weighted by Gasteiger charge is 2.17. The van der Waals surface area contributed by atoms with Crippen molar-refractivity contribution in [3.05, 3.63) is 128 Å². The molecule has 38 heavy (non-hydrogen) atoms. The Morgan fingerprint density at radius 1 is 0.579 bits per heavy atom. The quantitative estimate of drug-likeness (QED) is 0.240. The zero-order valence-electron chi connectivity index (χ0n) is 20.4. The van der Waals surface area contributed by atoms with Crippen LogP contribution in [0.5, 0.6) is 0 Å². The molecule has 8 rings (SSSR count). The van der Waals surface area contributed by atoms with Gasteiger partial charge in [0.05, 0.1) is 22.2 Å². The Bertz CT molecular complexity index is 2080. The van der Waals surface area contributed by atoms with Crippen LogP contribution in [0.3, 0.4) is 0 Å². The second-order valence-corrected chi connectivity index (χ2v) is 10.5. The Morgan fingerprint density at radius 2 is 1.34 bits per heavy atom. The normalized spacial score (nSPS) is 11.7. The summed E-state index contributed by atoms with van der Waals surface area (Å²) in [5.74, 6) is 0.888. The molecule has 0 bridgehead atoms. The Hall–Kier alpha value is -4.80. The Labute approximate surface area is 223 Å². The van der Waals surface area contributed by atoms with Crippen LogP contribution in [0.1, 0.15) is 0 Å². The minimum absolute atomic E-state index is 0.888. The zero-order chi connectivity index (χ0) is 25.1. The summed E-state index contributed by atoms with van der Waals surface area (Å²) in [6, 6.07) is 42.8. The van der Waals surface area contributed by atoms with Gasteiger partial charge in [-0.2, -0.15) is 0 Å². The summed E-state index contributed by atoms with van der Waals surface area (Å²) < 4.78 is 4.85. The fourth-order valence-corrected chi connectivity index (χ4v) is 6.79. The number of rotatable bonds is 3. The molecule has 0 aliphatic rings. The number of hydrogen-bond donors (Lipinski definition) is 0. The number of hydrogen-bond acceptors (Lipinski definition) is 3. The molecule has 0 amide bonds. The Balaban J connectivity index is 1.47. The third-order valence-corrected chi connectivity index (χ3v) is 8.47. The summed E-state index contributed by atoms with van der Waals surface area (Å²) >= 11 is 1.86. The lowest BCUT2D eigenvalue weighted by Gasteiger charge is -2.13. The van der Waals surface area contributed by atoms with Crippen LogP contribution >= 0.6 is 11.3 Å². The van der Waals surface area contributed by atoms with Crippen LogP contribution in [-0.2, 0) is 0 Å². The van der Waals surface area contributed by atoms with Crippen LogP contribution in [-0.4, -0.2) is 14.5 Å². The van der Waals surface area contributed by atoms with Gasteiger partial charge >= 0.3 is 0 Å². The van der Waals surface area contributed by atoms with Gasteiger partial charge in [-0.25, -0.2) is 4.98 Å². The number of fused-ring (bicyclic) bond motifs is 6. The van der Waals surface area contributed by atoms with Crippen LogP contribution in [0.2, 0.25) is 0 Å². The lowest BCUT2D eigenvalue weighted by atomic mass is 10.0. The van der Waals surface area contributed by atoms with Crippen LogP contribution < -0.4 is 0 Å². The molecule has 4 heterocycles. The molecule has 0 saturated carbocycles. The third-order valence-electron chi connectivity index (χ3n) is 7.25. The topological polar surface area (TPSA) is 30.7 Å². The van der Waals surface area contributed by atoms with E-state index < -0.39 is 0 Å². The van der Waals surface area contributed by atoms with Crippen molar-refractivity contribution in [2.24, 2.45) is 0 Å². The van der Waals surface area contributed by atoms with Gasteiger partial charge < -0.3 is 0 Å². The fourth-order valence-electron chi connectivity index (χ4n) is 5.55. The van der Waals surface area contributed by atoms with Gasteiger partial charge in [0.25, 0.3) is 0 Å². The molecule has 8 aromatic rings. The van der Waals surface area contributed by atoms with Crippen LogP contribution in [0.4, 0.5) is 0 Å². The molecule has 178 valence electrons. The smallest absolute Gasteiger partial charge is 0.138 e. The summed E-state index contributed by atoms with van der Waals surface area (Å²) in [6.07, 6.45) is 1.86. The second kappa shape index (κ2) is 8.37. The first-order valence-corrected chi connectivity index (χ1v) is 13.5. The predicted molar refractivity (Wildman–Crippen MR) is 160 cm³/mol. The zero-order valence-corrected chi connectivity index (χ0v) is 21.2. The summed E-state index contributed by atoms with van der Waals surface area (Å²) in [4.78, 5) is 9.97. The Morgan fingerprint density at radius 3 is 2.26 bits per heavy atom. The first-order valence-electron chi connectivity index (χ1n) is 12.7. The number of benzene rings is 4. The van der Waals surface area contributed by atoms with Crippen molar-refractivity contribution in [3.63, 3.8) is 0 Å². The number of nitrogens with zero attached hydrogens (tertiary/aromatic N) is 3. The van der Waals surface area contributed by atoms with Gasteiger partial charge in [0.15, 0.2) is 0 Å². The van der Waals surface area contributed by atoms with E-state index in [-0.39, 0.29) is 0 Å². The highest BCUT2D eigenvalue weighted by molar-refractivity contribution is 7.26. The molecule has 0 saturated heterocycles. The van der Waals surface area contributed by atoms with Crippen LogP contribution in [0, 0.1) is 0 Å². The van der Waals surface area contributed by atoms with E-state index in [9.17, 15) is 0 Å². The molecule has 0 radical (unpaired) electrons. The van der Waals surface area contributed by atoms with Gasteiger partial charge in [-0.1, -0.05) is 84.9 Å². The minimum Gasteiger partial charge on any atom is -0.292 e. The number of pyridine rings is 2. The standard InChI is InChI=1S/C34H21N3S/c1-2-10-22(11-3-1)28-20-23(24-14-8-15-26-25-12-5-7-18-31(25)38-34(24)26)21-32(36-28)37-29-16-6-4-13-27(29)33-30(37)17-9-19-35-33/h1-21H. The van der Waals surface area contributed by atoms with Gasteiger partial charge in [-0.3, -0.25) is 9.55 Å². The highest BCUT2D eigenvalue weighted by atomic mass is 32.1. The van der Waals surface area contributed by atoms with Crippen molar-refractivity contribution < 1.29 is 0 Å². The molecule has 0 spiro atoms. The van der Waals surface area contributed by atoms with E-state index in [0.717, 1.165) is 44.6 Å². The first kappa shape index (κ1) is 21.3. The average Bonchev–Trinajstić information content (AvgIpc) is 3.53. The maximum Gasteiger partial charge on any atom is 0.138 e. The van der Waals surface area contributed by atoms with Gasteiger partial charge in [-0.05, 0) is 47.5 Å². The monoisotopic (exact) mass is 503 g/mol. The maximum atomic E-state index is 5.23. The van der Waals surface area contributed by atoms with E-state index in [1.54, 1.807) is 0 Å². The van der Waals surface area contributed by atoms with Crippen molar-refractivity contribution in [2.75, 3.05) is 0 Å². The fraction of sp³-hybridized carbons (Fsp3) is 0. The van der Waals surface area contributed by atoms with Crippen molar-refractivity contribution in [1.82, 2.24) is 14.5 Å². The molecule has 0 aliphatic heterocycles.